The van der Waals surface area contributed by atoms with Gasteiger partial charge in [0, 0.05) is 51.9 Å². The van der Waals surface area contributed by atoms with Crippen LogP contribution in [0.5, 0.6) is 0 Å². The van der Waals surface area contributed by atoms with Crippen molar-refractivity contribution in [3.05, 3.63) is 34.9 Å². The van der Waals surface area contributed by atoms with Crippen molar-refractivity contribution in [3.8, 4) is 0 Å². The van der Waals surface area contributed by atoms with Gasteiger partial charge in [-0.2, -0.15) is 17.0 Å². The van der Waals surface area contributed by atoms with E-state index in [0.717, 1.165) is 30.8 Å². The monoisotopic (exact) mass is 422 g/mol. The predicted molar refractivity (Wildman–Crippen MR) is 115 cm³/mol. The fraction of sp³-hybridized carbons (Fsp3) is 0.667. The number of amides is 1. The number of benzene rings is 1. The van der Waals surface area contributed by atoms with Crippen molar-refractivity contribution in [1.29, 1.82) is 0 Å². The molecule has 2 heterocycles. The molecule has 2 saturated heterocycles. The van der Waals surface area contributed by atoms with Crippen LogP contribution in [-0.2, 0) is 10.2 Å². The topological polar surface area (TPSA) is 64.2 Å². The Morgan fingerprint density at radius 1 is 1.10 bits per heavy atom. The minimum atomic E-state index is -3.54. The van der Waals surface area contributed by atoms with Crippen LogP contribution in [0.15, 0.2) is 18.2 Å². The number of likely N-dealkylation sites (tertiary alicyclic amines) is 2. The lowest BCUT2D eigenvalue weighted by molar-refractivity contribution is 0.0783. The van der Waals surface area contributed by atoms with Crippen LogP contribution < -0.4 is 0 Å². The van der Waals surface area contributed by atoms with E-state index in [0.29, 0.717) is 31.6 Å². The van der Waals surface area contributed by atoms with E-state index in [1.165, 1.54) is 17.1 Å². The van der Waals surface area contributed by atoms with E-state index >= 15 is 0 Å². The van der Waals surface area contributed by atoms with Crippen molar-refractivity contribution in [2.45, 2.75) is 39.2 Å². The first-order chi connectivity index (χ1) is 13.7. The van der Waals surface area contributed by atoms with E-state index in [9.17, 15) is 13.2 Å². The van der Waals surface area contributed by atoms with Crippen LogP contribution in [0.25, 0.3) is 0 Å². The van der Waals surface area contributed by atoms with Crippen LogP contribution in [0.2, 0.25) is 0 Å². The molecule has 0 aliphatic carbocycles. The summed E-state index contributed by atoms with van der Waals surface area (Å²) in [6.45, 7) is 8.35. The van der Waals surface area contributed by atoms with E-state index in [-0.39, 0.29) is 11.9 Å². The molecule has 0 bridgehead atoms. The van der Waals surface area contributed by atoms with Crippen molar-refractivity contribution >= 4 is 16.1 Å². The third-order valence-electron chi connectivity index (χ3n) is 6.20. The molecule has 1 amide bonds. The molecular weight excluding hydrogens is 388 g/mol. The van der Waals surface area contributed by atoms with E-state index in [1.807, 2.05) is 32.0 Å². The Hall–Kier alpha value is -1.48. The van der Waals surface area contributed by atoms with Crippen molar-refractivity contribution in [3.63, 3.8) is 0 Å². The van der Waals surface area contributed by atoms with Gasteiger partial charge in [-0.15, -0.1) is 0 Å². The average Bonchev–Trinajstić information content (AvgIpc) is 3.35. The van der Waals surface area contributed by atoms with Gasteiger partial charge < -0.3 is 9.80 Å². The number of aryl methyl sites for hydroxylation is 2. The van der Waals surface area contributed by atoms with Gasteiger partial charge in [-0.3, -0.25) is 4.79 Å². The molecular formula is C21H34N4O3S. The molecule has 0 saturated carbocycles. The number of hydrogen-bond donors (Lipinski definition) is 0. The van der Waals surface area contributed by atoms with Crippen LogP contribution >= 0.6 is 0 Å². The quantitative estimate of drug-likeness (QED) is 0.671. The number of carbonyl (C=O) groups is 1. The maximum Gasteiger partial charge on any atom is 0.281 e. The molecule has 0 unspecified atom stereocenters. The van der Waals surface area contributed by atoms with Crippen molar-refractivity contribution in [2.24, 2.45) is 0 Å². The highest BCUT2D eigenvalue weighted by molar-refractivity contribution is 7.86. The molecule has 3 rings (SSSR count). The molecule has 2 fully saturated rings. The first-order valence-corrected chi connectivity index (χ1v) is 11.9. The van der Waals surface area contributed by atoms with Crippen LogP contribution in [0.1, 0.15) is 40.7 Å². The van der Waals surface area contributed by atoms with Gasteiger partial charge in [-0.1, -0.05) is 6.07 Å². The smallest absolute Gasteiger partial charge is 0.281 e. The third kappa shape index (κ3) is 4.99. The van der Waals surface area contributed by atoms with E-state index in [1.54, 1.807) is 23.3 Å². The molecule has 29 heavy (non-hydrogen) atoms. The summed E-state index contributed by atoms with van der Waals surface area (Å²) in [5.74, 6) is -0.0163. The molecule has 1 atom stereocenters. The molecule has 2 aliphatic heterocycles. The van der Waals surface area contributed by atoms with Gasteiger partial charge in [-0.05, 0) is 69.5 Å². The van der Waals surface area contributed by atoms with Crippen molar-refractivity contribution < 1.29 is 13.2 Å². The second kappa shape index (κ2) is 9.12. The Bertz CT molecular complexity index is 834. The fourth-order valence-electron chi connectivity index (χ4n) is 4.16. The average molecular weight is 423 g/mol. The number of nitrogens with zero attached hydrogens (tertiary/aromatic N) is 4. The SMILES string of the molecule is Cc1ccc(C(=O)N2CC[C@H](N(CCN3CCCC3)S(=O)(=O)N(C)C)C2)cc1C. The van der Waals surface area contributed by atoms with Crippen LogP contribution in [0.4, 0.5) is 0 Å². The lowest BCUT2D eigenvalue weighted by atomic mass is 10.1. The van der Waals surface area contributed by atoms with Gasteiger partial charge in [0.05, 0.1) is 0 Å². The van der Waals surface area contributed by atoms with Crippen molar-refractivity contribution in [1.82, 2.24) is 18.4 Å². The molecule has 0 radical (unpaired) electrons. The fourth-order valence-corrected chi connectivity index (χ4v) is 5.44. The van der Waals surface area contributed by atoms with Crippen molar-refractivity contribution in [2.75, 3.05) is 53.4 Å². The Kier molecular flexibility index (Phi) is 6.98. The van der Waals surface area contributed by atoms with Crippen LogP contribution in [0.3, 0.4) is 0 Å². The third-order valence-corrected chi connectivity index (χ3v) is 8.20. The molecule has 0 spiro atoms. The highest BCUT2D eigenvalue weighted by Crippen LogP contribution is 2.23. The molecule has 0 N–H and O–H groups in total. The molecule has 2 aliphatic rings. The summed E-state index contributed by atoms with van der Waals surface area (Å²) in [6, 6.07) is 5.57. The van der Waals surface area contributed by atoms with Gasteiger partial charge in [-0.25, -0.2) is 0 Å². The van der Waals surface area contributed by atoms with Crippen LogP contribution in [0, 0.1) is 13.8 Å². The standard InChI is InChI=1S/C21H34N4O3S/c1-17-7-8-19(15-18(17)2)21(26)24-12-9-20(16-24)25(29(27,28)22(3)4)14-13-23-10-5-6-11-23/h7-8,15,20H,5-6,9-14,16H2,1-4H3/t20-/m0/s1. The lowest BCUT2D eigenvalue weighted by Gasteiger charge is -2.32. The van der Waals surface area contributed by atoms with E-state index in [2.05, 4.69) is 4.90 Å². The highest BCUT2D eigenvalue weighted by Gasteiger charge is 2.38. The van der Waals surface area contributed by atoms with E-state index in [4.69, 9.17) is 0 Å². The molecule has 7 nitrogen and oxygen atoms in total. The second-order valence-electron chi connectivity index (χ2n) is 8.44. The highest BCUT2D eigenvalue weighted by atomic mass is 32.2. The molecule has 1 aromatic rings. The zero-order chi connectivity index (χ0) is 21.2. The van der Waals surface area contributed by atoms with Gasteiger partial charge in [0.2, 0.25) is 0 Å². The maximum absolute atomic E-state index is 13.0. The van der Waals surface area contributed by atoms with Gasteiger partial charge >= 0.3 is 0 Å². The number of rotatable bonds is 7. The molecule has 1 aromatic carbocycles. The second-order valence-corrected chi connectivity index (χ2v) is 10.5. The van der Waals surface area contributed by atoms with Crippen LogP contribution in [-0.4, -0.2) is 92.1 Å². The summed E-state index contributed by atoms with van der Waals surface area (Å²) in [6.07, 6.45) is 3.04. The summed E-state index contributed by atoms with van der Waals surface area (Å²) in [4.78, 5) is 17.1. The lowest BCUT2D eigenvalue weighted by Crippen LogP contribution is -2.50. The van der Waals surface area contributed by atoms with Gasteiger partial charge in [0.1, 0.15) is 0 Å². The Morgan fingerprint density at radius 2 is 1.79 bits per heavy atom. The largest absolute Gasteiger partial charge is 0.337 e. The molecule has 0 aromatic heterocycles. The van der Waals surface area contributed by atoms with Gasteiger partial charge in [0.25, 0.3) is 16.1 Å². The first-order valence-electron chi connectivity index (χ1n) is 10.5. The summed E-state index contributed by atoms with van der Waals surface area (Å²) >= 11 is 0. The van der Waals surface area contributed by atoms with Gasteiger partial charge in [0.15, 0.2) is 0 Å². The summed E-state index contributed by atoms with van der Waals surface area (Å²) < 4.78 is 28.9. The zero-order valence-electron chi connectivity index (χ0n) is 18.1. The minimum Gasteiger partial charge on any atom is -0.337 e. The summed E-state index contributed by atoms with van der Waals surface area (Å²) in [7, 11) is -0.389. The first kappa shape index (κ1) is 22.2. The number of hydrogen-bond acceptors (Lipinski definition) is 4. The summed E-state index contributed by atoms with van der Waals surface area (Å²) in [5, 5.41) is 0. The summed E-state index contributed by atoms with van der Waals surface area (Å²) in [5.41, 5.74) is 2.92. The zero-order valence-corrected chi connectivity index (χ0v) is 18.9. The number of carbonyl (C=O) groups excluding carboxylic acids is 1. The normalized spacial score (nSPS) is 20.9. The Balaban J connectivity index is 1.71. The molecule has 162 valence electrons. The minimum absolute atomic E-state index is 0.0163. The Labute approximate surface area is 175 Å². The van der Waals surface area contributed by atoms with E-state index < -0.39 is 10.2 Å². The Morgan fingerprint density at radius 3 is 2.41 bits per heavy atom. The molecule has 8 heteroatoms. The maximum atomic E-state index is 13.0. The predicted octanol–water partition coefficient (Wildman–Crippen LogP) is 1.72.